The first-order valence-corrected chi connectivity index (χ1v) is 13.7. The zero-order valence-corrected chi connectivity index (χ0v) is 19.7. The maximum absolute atomic E-state index is 12.5. The Labute approximate surface area is 188 Å². The number of sulfone groups is 2. The summed E-state index contributed by atoms with van der Waals surface area (Å²) in [7, 11) is -6.04. The molecular formula is C20H20N2O7S3. The van der Waals surface area contributed by atoms with E-state index in [0.717, 1.165) is 17.6 Å². The number of amides is 1. The van der Waals surface area contributed by atoms with Crippen LogP contribution in [0.15, 0.2) is 58.4 Å². The molecule has 9 nitrogen and oxygen atoms in total. The summed E-state index contributed by atoms with van der Waals surface area (Å²) in [5.74, 6) is -2.61. The second-order valence-electron chi connectivity index (χ2n) is 6.97. The molecule has 0 atom stereocenters. The van der Waals surface area contributed by atoms with Crippen molar-refractivity contribution in [2.24, 2.45) is 4.99 Å². The first-order chi connectivity index (χ1) is 15.0. The smallest absolute Gasteiger partial charge is 0.325 e. The third-order valence-electron chi connectivity index (χ3n) is 4.39. The second kappa shape index (κ2) is 9.35. The lowest BCUT2D eigenvalue weighted by Gasteiger charge is -2.05. The van der Waals surface area contributed by atoms with Crippen molar-refractivity contribution in [3.63, 3.8) is 0 Å². The predicted octanol–water partition coefficient (Wildman–Crippen LogP) is 1.32. The van der Waals surface area contributed by atoms with Gasteiger partial charge < -0.3 is 9.30 Å². The number of nitrogens with zero attached hydrogens (tertiary/aromatic N) is 2. The highest BCUT2D eigenvalue weighted by atomic mass is 32.2. The van der Waals surface area contributed by atoms with Gasteiger partial charge in [0.1, 0.15) is 12.3 Å². The number of aromatic nitrogens is 1. The Morgan fingerprint density at radius 3 is 2.38 bits per heavy atom. The minimum Gasteiger partial charge on any atom is -0.468 e. The summed E-state index contributed by atoms with van der Waals surface area (Å²) >= 11 is 0.973. The lowest BCUT2D eigenvalue weighted by Crippen LogP contribution is -2.24. The van der Waals surface area contributed by atoms with Gasteiger partial charge in [0.2, 0.25) is 0 Å². The molecule has 1 amide bonds. The highest BCUT2D eigenvalue weighted by Crippen LogP contribution is 2.22. The highest BCUT2D eigenvalue weighted by molar-refractivity contribution is 7.91. The first kappa shape index (κ1) is 23.8. The van der Waals surface area contributed by atoms with E-state index in [2.05, 4.69) is 9.73 Å². The van der Waals surface area contributed by atoms with Gasteiger partial charge in [-0.1, -0.05) is 41.7 Å². The van der Waals surface area contributed by atoms with Crippen LogP contribution in [-0.4, -0.2) is 52.4 Å². The van der Waals surface area contributed by atoms with Gasteiger partial charge in [0.05, 0.1) is 28.0 Å². The van der Waals surface area contributed by atoms with Gasteiger partial charge >= 0.3 is 5.97 Å². The standard InChI is InChI=1S/C20H20N2O7S3/c1-29-19(24)11-22-16-9-8-15(31(2,25)26)10-17(16)30-20(22)21-18(23)13-32(27,28)12-14-6-4-3-5-7-14/h3-10H,11-13H2,1-2H3. The number of carbonyl (C=O) groups is 2. The molecule has 3 aromatic rings. The molecule has 0 aliphatic carbocycles. The number of thiazole rings is 1. The monoisotopic (exact) mass is 496 g/mol. The number of hydrogen-bond acceptors (Lipinski definition) is 8. The van der Waals surface area contributed by atoms with Crippen LogP contribution in [-0.2, 0) is 46.3 Å². The highest BCUT2D eigenvalue weighted by Gasteiger charge is 2.19. The molecule has 1 heterocycles. The first-order valence-electron chi connectivity index (χ1n) is 9.21. The average molecular weight is 497 g/mol. The molecule has 0 fully saturated rings. The Hall–Kier alpha value is -2.83. The molecule has 170 valence electrons. The van der Waals surface area contributed by atoms with Crippen LogP contribution in [0.3, 0.4) is 0 Å². The fourth-order valence-corrected chi connectivity index (χ4v) is 5.97. The summed E-state index contributed by atoms with van der Waals surface area (Å²) in [6, 6.07) is 12.8. The summed E-state index contributed by atoms with van der Waals surface area (Å²) < 4.78 is 55.1. The topological polar surface area (TPSA) is 129 Å². The van der Waals surface area contributed by atoms with E-state index in [0.29, 0.717) is 15.8 Å². The molecule has 0 spiro atoms. The van der Waals surface area contributed by atoms with Crippen molar-refractivity contribution in [2.75, 3.05) is 19.1 Å². The van der Waals surface area contributed by atoms with E-state index in [1.165, 1.54) is 29.9 Å². The third-order valence-corrected chi connectivity index (χ3v) is 8.00. The van der Waals surface area contributed by atoms with Gasteiger partial charge in [0.25, 0.3) is 5.91 Å². The van der Waals surface area contributed by atoms with E-state index >= 15 is 0 Å². The third kappa shape index (κ3) is 5.90. The number of hydrogen-bond donors (Lipinski definition) is 0. The van der Waals surface area contributed by atoms with Gasteiger partial charge in [-0.15, -0.1) is 0 Å². The SMILES string of the molecule is COC(=O)Cn1c(=NC(=O)CS(=O)(=O)Cc2ccccc2)sc2cc(S(C)(=O)=O)ccc21. The van der Waals surface area contributed by atoms with Gasteiger partial charge in [-0.2, -0.15) is 4.99 Å². The van der Waals surface area contributed by atoms with Crippen molar-refractivity contribution in [1.29, 1.82) is 0 Å². The number of rotatable bonds is 7. The van der Waals surface area contributed by atoms with Crippen LogP contribution in [0.1, 0.15) is 5.56 Å². The summed E-state index contributed by atoms with van der Waals surface area (Å²) in [6.07, 6.45) is 1.07. The number of carbonyl (C=O) groups excluding carboxylic acids is 2. The van der Waals surface area contributed by atoms with Crippen molar-refractivity contribution < 1.29 is 31.2 Å². The molecule has 0 N–H and O–H groups in total. The quantitative estimate of drug-likeness (QED) is 0.451. The van der Waals surface area contributed by atoms with E-state index in [-0.39, 0.29) is 22.0 Å². The molecule has 0 unspecified atom stereocenters. The number of esters is 1. The zero-order valence-electron chi connectivity index (χ0n) is 17.2. The van der Waals surface area contributed by atoms with Crippen molar-refractivity contribution >= 4 is 53.1 Å². The van der Waals surface area contributed by atoms with Crippen LogP contribution >= 0.6 is 11.3 Å². The van der Waals surface area contributed by atoms with E-state index in [1.54, 1.807) is 30.3 Å². The lowest BCUT2D eigenvalue weighted by atomic mass is 10.2. The molecule has 0 radical (unpaired) electrons. The Kier molecular flexibility index (Phi) is 6.96. The number of fused-ring (bicyclic) bond motifs is 1. The van der Waals surface area contributed by atoms with Gasteiger partial charge in [0, 0.05) is 6.26 Å². The maximum Gasteiger partial charge on any atom is 0.325 e. The van der Waals surface area contributed by atoms with Crippen LogP contribution in [0.5, 0.6) is 0 Å². The maximum atomic E-state index is 12.5. The molecule has 1 aromatic heterocycles. The minimum atomic E-state index is -3.77. The molecule has 0 aliphatic rings. The molecule has 12 heteroatoms. The number of methoxy groups -OCH3 is 1. The minimum absolute atomic E-state index is 0.0657. The van der Waals surface area contributed by atoms with Gasteiger partial charge in [0.15, 0.2) is 24.5 Å². The Balaban J connectivity index is 2.00. The predicted molar refractivity (Wildman–Crippen MR) is 119 cm³/mol. The molecule has 32 heavy (non-hydrogen) atoms. The lowest BCUT2D eigenvalue weighted by molar-refractivity contribution is -0.141. The zero-order chi connectivity index (χ0) is 23.5. The second-order valence-corrected chi connectivity index (χ2v) is 12.1. The van der Waals surface area contributed by atoms with E-state index in [1.807, 2.05) is 0 Å². The van der Waals surface area contributed by atoms with Crippen LogP contribution < -0.4 is 4.80 Å². The van der Waals surface area contributed by atoms with Crippen LogP contribution in [0.2, 0.25) is 0 Å². The van der Waals surface area contributed by atoms with E-state index in [4.69, 9.17) is 0 Å². The Bertz CT molecular complexity index is 1450. The van der Waals surface area contributed by atoms with Crippen molar-refractivity contribution in [3.05, 3.63) is 58.9 Å². The summed E-state index contributed by atoms with van der Waals surface area (Å²) in [5, 5.41) is 0. The molecule has 2 aromatic carbocycles. The largest absolute Gasteiger partial charge is 0.468 e. The average Bonchev–Trinajstić information content (AvgIpc) is 3.03. The molecule has 0 aliphatic heterocycles. The summed E-state index contributed by atoms with van der Waals surface area (Å²) in [4.78, 5) is 28.4. The Morgan fingerprint density at radius 1 is 1.06 bits per heavy atom. The van der Waals surface area contributed by atoms with E-state index < -0.39 is 37.3 Å². The van der Waals surface area contributed by atoms with Crippen LogP contribution in [0, 0.1) is 0 Å². The van der Waals surface area contributed by atoms with Crippen LogP contribution in [0.25, 0.3) is 10.2 Å². The molecule has 3 rings (SSSR count). The summed E-state index contributed by atoms with van der Waals surface area (Å²) in [5.41, 5.74) is 1.02. The normalized spacial score (nSPS) is 12.8. The van der Waals surface area contributed by atoms with Gasteiger partial charge in [-0.25, -0.2) is 16.8 Å². The Morgan fingerprint density at radius 2 is 1.75 bits per heavy atom. The molecular weight excluding hydrogens is 476 g/mol. The van der Waals surface area contributed by atoms with Gasteiger partial charge in [-0.05, 0) is 23.8 Å². The fraction of sp³-hybridized carbons (Fsp3) is 0.250. The van der Waals surface area contributed by atoms with Crippen molar-refractivity contribution in [3.8, 4) is 0 Å². The van der Waals surface area contributed by atoms with Crippen LogP contribution in [0.4, 0.5) is 0 Å². The molecule has 0 saturated carbocycles. The van der Waals surface area contributed by atoms with Gasteiger partial charge in [-0.3, -0.25) is 9.59 Å². The van der Waals surface area contributed by atoms with E-state index in [9.17, 15) is 26.4 Å². The summed E-state index contributed by atoms with van der Waals surface area (Å²) in [6.45, 7) is -0.280. The number of ether oxygens (including phenoxy) is 1. The molecule has 0 saturated heterocycles. The number of benzene rings is 2. The molecule has 0 bridgehead atoms. The van der Waals surface area contributed by atoms with Crippen molar-refractivity contribution in [1.82, 2.24) is 4.57 Å². The fourth-order valence-electron chi connectivity index (χ4n) is 2.92. The van der Waals surface area contributed by atoms with Crippen molar-refractivity contribution in [2.45, 2.75) is 17.2 Å².